The Kier molecular flexibility index (Phi) is 3.88. The van der Waals surface area contributed by atoms with E-state index in [-0.39, 0.29) is 13.1 Å². The molecule has 0 aromatic carbocycles. The number of rotatable bonds is 4. The van der Waals surface area contributed by atoms with Gasteiger partial charge in [0.2, 0.25) is 0 Å². The Balaban J connectivity index is 3.34. The predicted molar refractivity (Wildman–Crippen MR) is 66.8 cm³/mol. The number of nitrogens with zero attached hydrogens (tertiary/aromatic N) is 7. The zero-order valence-electron chi connectivity index (χ0n) is 11.0. The van der Waals surface area contributed by atoms with Crippen LogP contribution in [0.4, 0.5) is 0 Å². The van der Waals surface area contributed by atoms with Crippen molar-refractivity contribution in [2.45, 2.75) is 38.8 Å². The molecule has 0 aliphatic carbocycles. The summed E-state index contributed by atoms with van der Waals surface area (Å²) in [6.07, 6.45) is 0. The molecule has 1 N–H and O–H groups in total. The van der Waals surface area contributed by atoms with Crippen molar-refractivity contribution in [3.63, 3.8) is 0 Å². The van der Waals surface area contributed by atoms with E-state index >= 15 is 0 Å². The molecule has 1 rings (SSSR count). The standard InChI is InChI=1S/C10H17N7O/c1-9(2)7(5-13-15-11)8(6-14-16-12)10(3,4)17(9)18/h18H,5-6H2,1-4H3. The van der Waals surface area contributed by atoms with Gasteiger partial charge in [0, 0.05) is 22.9 Å². The van der Waals surface area contributed by atoms with Crippen LogP contribution in [0.5, 0.6) is 0 Å². The molecule has 0 radical (unpaired) electrons. The quantitative estimate of drug-likeness (QED) is 0.357. The molecule has 0 fully saturated rings. The third kappa shape index (κ3) is 2.14. The molecule has 1 aliphatic heterocycles. The minimum absolute atomic E-state index is 0.153. The van der Waals surface area contributed by atoms with Crippen LogP contribution < -0.4 is 0 Å². The lowest BCUT2D eigenvalue weighted by atomic mass is 9.90. The Labute approximate surface area is 105 Å². The summed E-state index contributed by atoms with van der Waals surface area (Å²) in [4.78, 5) is 5.48. The fraction of sp³-hybridized carbons (Fsp3) is 0.800. The van der Waals surface area contributed by atoms with Gasteiger partial charge in [-0.1, -0.05) is 10.2 Å². The number of hydroxylamine groups is 2. The molecule has 98 valence electrons. The Morgan fingerprint density at radius 3 is 1.61 bits per heavy atom. The van der Waals surface area contributed by atoms with Gasteiger partial charge in [0.1, 0.15) is 0 Å². The Morgan fingerprint density at radius 2 is 1.33 bits per heavy atom. The molecule has 0 saturated carbocycles. The van der Waals surface area contributed by atoms with Crippen LogP contribution in [0.1, 0.15) is 27.7 Å². The van der Waals surface area contributed by atoms with Gasteiger partial charge in [-0.15, -0.1) is 0 Å². The molecular weight excluding hydrogens is 234 g/mol. The first-order valence-corrected chi connectivity index (χ1v) is 5.54. The summed E-state index contributed by atoms with van der Waals surface area (Å²) in [6.45, 7) is 7.64. The minimum Gasteiger partial charge on any atom is -0.312 e. The molecule has 0 spiro atoms. The second-order valence-electron chi connectivity index (χ2n) is 5.16. The highest BCUT2D eigenvalue weighted by atomic mass is 16.5. The van der Waals surface area contributed by atoms with Crippen molar-refractivity contribution >= 4 is 0 Å². The van der Waals surface area contributed by atoms with E-state index in [1.54, 1.807) is 0 Å². The molecule has 0 unspecified atom stereocenters. The van der Waals surface area contributed by atoms with Crippen LogP contribution in [0.2, 0.25) is 0 Å². The topological polar surface area (TPSA) is 121 Å². The van der Waals surface area contributed by atoms with E-state index in [2.05, 4.69) is 20.1 Å². The second-order valence-corrected chi connectivity index (χ2v) is 5.16. The molecular formula is C10H17N7O. The van der Waals surface area contributed by atoms with Crippen LogP contribution in [0.15, 0.2) is 21.4 Å². The third-order valence-corrected chi connectivity index (χ3v) is 3.48. The Morgan fingerprint density at radius 1 is 1.00 bits per heavy atom. The van der Waals surface area contributed by atoms with Gasteiger partial charge in [-0.25, -0.2) is 0 Å². The third-order valence-electron chi connectivity index (χ3n) is 3.48. The highest BCUT2D eigenvalue weighted by Gasteiger charge is 2.49. The van der Waals surface area contributed by atoms with E-state index < -0.39 is 11.1 Å². The lowest BCUT2D eigenvalue weighted by Crippen LogP contribution is -2.49. The molecule has 0 bridgehead atoms. The first-order valence-electron chi connectivity index (χ1n) is 5.54. The van der Waals surface area contributed by atoms with Gasteiger partial charge in [0.15, 0.2) is 0 Å². The van der Waals surface area contributed by atoms with E-state index in [9.17, 15) is 5.21 Å². The predicted octanol–water partition coefficient (Wildman–Crippen LogP) is 3.17. The van der Waals surface area contributed by atoms with Gasteiger partial charge >= 0.3 is 0 Å². The monoisotopic (exact) mass is 251 g/mol. The largest absolute Gasteiger partial charge is 0.312 e. The molecule has 8 heteroatoms. The van der Waals surface area contributed by atoms with Crippen molar-refractivity contribution in [3.8, 4) is 0 Å². The van der Waals surface area contributed by atoms with Crippen LogP contribution in [0.25, 0.3) is 20.9 Å². The zero-order chi connectivity index (χ0) is 14.0. The lowest BCUT2D eigenvalue weighted by molar-refractivity contribution is -0.187. The van der Waals surface area contributed by atoms with E-state index in [0.29, 0.717) is 0 Å². The molecule has 18 heavy (non-hydrogen) atoms. The summed E-state index contributed by atoms with van der Waals surface area (Å²) < 4.78 is 0. The summed E-state index contributed by atoms with van der Waals surface area (Å²) in [5, 5.41) is 18.6. The van der Waals surface area contributed by atoms with E-state index in [1.165, 1.54) is 5.06 Å². The van der Waals surface area contributed by atoms with Crippen molar-refractivity contribution in [1.82, 2.24) is 5.06 Å². The van der Waals surface area contributed by atoms with Gasteiger partial charge in [0.25, 0.3) is 0 Å². The smallest absolute Gasteiger partial charge is 0.0627 e. The fourth-order valence-electron chi connectivity index (χ4n) is 2.48. The number of azide groups is 2. The van der Waals surface area contributed by atoms with Crippen molar-refractivity contribution in [1.29, 1.82) is 0 Å². The van der Waals surface area contributed by atoms with Crippen LogP contribution in [-0.2, 0) is 0 Å². The van der Waals surface area contributed by atoms with Crippen LogP contribution in [-0.4, -0.2) is 34.4 Å². The van der Waals surface area contributed by atoms with Crippen molar-refractivity contribution in [2.75, 3.05) is 13.1 Å². The molecule has 0 amide bonds. The van der Waals surface area contributed by atoms with Gasteiger partial charge in [-0.3, -0.25) is 0 Å². The van der Waals surface area contributed by atoms with Crippen molar-refractivity contribution < 1.29 is 5.21 Å². The van der Waals surface area contributed by atoms with Gasteiger partial charge in [0.05, 0.1) is 11.1 Å². The normalized spacial score (nSPS) is 21.4. The summed E-state index contributed by atoms with van der Waals surface area (Å²) in [7, 11) is 0. The molecule has 8 nitrogen and oxygen atoms in total. The second kappa shape index (κ2) is 4.88. The Hall–Kier alpha value is -1.72. The molecule has 0 saturated heterocycles. The van der Waals surface area contributed by atoms with Crippen molar-refractivity contribution in [3.05, 3.63) is 32.0 Å². The zero-order valence-corrected chi connectivity index (χ0v) is 11.0. The first kappa shape index (κ1) is 14.3. The summed E-state index contributed by atoms with van der Waals surface area (Å²) in [5.41, 5.74) is 17.1. The minimum atomic E-state index is -0.655. The van der Waals surface area contributed by atoms with E-state index in [0.717, 1.165) is 11.1 Å². The van der Waals surface area contributed by atoms with Gasteiger partial charge < -0.3 is 5.21 Å². The molecule has 1 heterocycles. The summed E-state index contributed by atoms with van der Waals surface area (Å²) >= 11 is 0. The van der Waals surface area contributed by atoms with Crippen LogP contribution in [0, 0.1) is 0 Å². The average molecular weight is 251 g/mol. The summed E-state index contributed by atoms with van der Waals surface area (Å²) in [6, 6.07) is 0. The van der Waals surface area contributed by atoms with Crippen LogP contribution in [0.3, 0.4) is 0 Å². The highest BCUT2D eigenvalue weighted by molar-refractivity contribution is 5.40. The molecule has 0 aromatic rings. The number of hydrogen-bond acceptors (Lipinski definition) is 4. The fourth-order valence-corrected chi connectivity index (χ4v) is 2.48. The maximum Gasteiger partial charge on any atom is 0.0627 e. The van der Waals surface area contributed by atoms with Gasteiger partial charge in [-0.05, 0) is 49.9 Å². The molecule has 1 aliphatic rings. The average Bonchev–Trinajstić information content (AvgIpc) is 2.42. The Bertz CT molecular complexity index is 425. The maximum atomic E-state index is 10.2. The maximum absolute atomic E-state index is 10.2. The van der Waals surface area contributed by atoms with Gasteiger partial charge in [-0.2, -0.15) is 5.06 Å². The van der Waals surface area contributed by atoms with Crippen molar-refractivity contribution in [2.24, 2.45) is 10.2 Å². The van der Waals surface area contributed by atoms with E-state index in [1.807, 2.05) is 27.7 Å². The summed E-state index contributed by atoms with van der Waals surface area (Å²) in [5.74, 6) is 0. The molecule has 0 atom stereocenters. The van der Waals surface area contributed by atoms with E-state index in [4.69, 9.17) is 11.1 Å². The highest BCUT2D eigenvalue weighted by Crippen LogP contribution is 2.43. The SMILES string of the molecule is CC1(C)C(CN=[N+]=[N-])=C(CN=[N+]=[N-])C(C)(C)N1O. The molecule has 0 aromatic heterocycles. The lowest BCUT2D eigenvalue weighted by Gasteiger charge is -2.37. The van der Waals surface area contributed by atoms with Crippen LogP contribution >= 0.6 is 0 Å². The first-order chi connectivity index (χ1) is 8.30. The number of hydrogen-bond donors (Lipinski definition) is 1.